The van der Waals surface area contributed by atoms with Gasteiger partial charge in [0.15, 0.2) is 0 Å². The smallest absolute Gasteiger partial charge is 0.302 e. The van der Waals surface area contributed by atoms with Crippen LogP contribution in [0.2, 0.25) is 0 Å². The zero-order valence-electron chi connectivity index (χ0n) is 12.0. The molecule has 0 aromatic heterocycles. The predicted molar refractivity (Wildman–Crippen MR) is 77.0 cm³/mol. The van der Waals surface area contributed by atoms with Gasteiger partial charge >= 0.3 is 5.97 Å². The first kappa shape index (κ1) is 13.9. The number of carbonyl (C=O) groups excluding carboxylic acids is 1. The van der Waals surface area contributed by atoms with E-state index in [2.05, 4.69) is 44.7 Å². The summed E-state index contributed by atoms with van der Waals surface area (Å²) in [7, 11) is 0. The first-order valence-corrected chi connectivity index (χ1v) is 6.81. The fourth-order valence-electron chi connectivity index (χ4n) is 3.00. The van der Waals surface area contributed by atoms with Gasteiger partial charge in [-0.25, -0.2) is 0 Å². The molecule has 2 rings (SSSR count). The van der Waals surface area contributed by atoms with Gasteiger partial charge in [-0.3, -0.25) is 4.79 Å². The highest BCUT2D eigenvalue weighted by atomic mass is 16.5. The SMILES string of the molecule is C=C1CC[C@](C)(c2ccc(C)cc2)[C@@H]1COC(C)=O. The van der Waals surface area contributed by atoms with Crippen molar-refractivity contribution in [2.24, 2.45) is 5.92 Å². The molecule has 0 saturated heterocycles. The van der Waals surface area contributed by atoms with Crippen molar-refractivity contribution in [2.75, 3.05) is 6.61 Å². The Labute approximate surface area is 115 Å². The molecular weight excluding hydrogens is 236 g/mol. The quantitative estimate of drug-likeness (QED) is 0.609. The Kier molecular flexibility index (Phi) is 3.79. The standard InChI is InChI=1S/C17H22O2/c1-12-5-7-15(8-6-12)17(4)10-9-13(2)16(17)11-19-14(3)18/h5-8,16H,2,9-11H2,1,3-4H3/t16-,17-/m1/s1. The Morgan fingerprint density at radius 2 is 2.05 bits per heavy atom. The van der Waals surface area contributed by atoms with E-state index in [1.54, 1.807) is 0 Å². The maximum Gasteiger partial charge on any atom is 0.302 e. The second-order valence-electron chi connectivity index (χ2n) is 5.80. The molecule has 19 heavy (non-hydrogen) atoms. The van der Waals surface area contributed by atoms with E-state index in [4.69, 9.17) is 4.74 Å². The Morgan fingerprint density at radius 1 is 1.42 bits per heavy atom. The highest BCUT2D eigenvalue weighted by molar-refractivity contribution is 5.66. The molecule has 1 aromatic rings. The minimum atomic E-state index is -0.217. The number of benzene rings is 1. The van der Waals surface area contributed by atoms with Crippen molar-refractivity contribution in [3.63, 3.8) is 0 Å². The van der Waals surface area contributed by atoms with E-state index in [1.807, 2.05) is 0 Å². The maximum atomic E-state index is 11.0. The van der Waals surface area contributed by atoms with Crippen LogP contribution in [0.3, 0.4) is 0 Å². The van der Waals surface area contributed by atoms with Crippen LogP contribution < -0.4 is 0 Å². The fourth-order valence-corrected chi connectivity index (χ4v) is 3.00. The summed E-state index contributed by atoms with van der Waals surface area (Å²) in [4.78, 5) is 11.0. The van der Waals surface area contributed by atoms with E-state index in [-0.39, 0.29) is 17.3 Å². The van der Waals surface area contributed by atoms with Crippen LogP contribution >= 0.6 is 0 Å². The molecule has 0 heterocycles. The Balaban J connectivity index is 2.26. The molecule has 0 unspecified atom stereocenters. The number of ether oxygens (including phenoxy) is 1. The van der Waals surface area contributed by atoms with Gasteiger partial charge in [0.25, 0.3) is 0 Å². The number of aryl methyl sites for hydroxylation is 1. The fraction of sp³-hybridized carbons (Fsp3) is 0.471. The summed E-state index contributed by atoms with van der Waals surface area (Å²) in [6, 6.07) is 8.67. The van der Waals surface area contributed by atoms with Crippen LogP contribution in [0.25, 0.3) is 0 Å². The van der Waals surface area contributed by atoms with Gasteiger partial charge in [0.05, 0.1) is 6.61 Å². The summed E-state index contributed by atoms with van der Waals surface area (Å²) in [5.74, 6) is 0.00469. The van der Waals surface area contributed by atoms with E-state index in [9.17, 15) is 4.79 Å². The van der Waals surface area contributed by atoms with Gasteiger partial charge in [-0.15, -0.1) is 0 Å². The lowest BCUT2D eigenvalue weighted by Crippen LogP contribution is -2.31. The van der Waals surface area contributed by atoms with Crippen LogP contribution in [0, 0.1) is 12.8 Å². The monoisotopic (exact) mass is 258 g/mol. The Hall–Kier alpha value is -1.57. The molecule has 1 aliphatic carbocycles. The molecule has 0 spiro atoms. The molecule has 1 aliphatic rings. The molecule has 2 heteroatoms. The first-order chi connectivity index (χ1) is 8.93. The number of esters is 1. The average molecular weight is 258 g/mol. The van der Waals surface area contributed by atoms with Gasteiger partial charge < -0.3 is 4.74 Å². The van der Waals surface area contributed by atoms with Gasteiger partial charge in [0.2, 0.25) is 0 Å². The highest BCUT2D eigenvalue weighted by Gasteiger charge is 2.42. The van der Waals surface area contributed by atoms with Crippen molar-refractivity contribution < 1.29 is 9.53 Å². The normalized spacial score (nSPS) is 26.5. The minimum absolute atomic E-state index is 0.0280. The Morgan fingerprint density at radius 3 is 2.63 bits per heavy atom. The Bertz CT molecular complexity index is 486. The van der Waals surface area contributed by atoms with Crippen molar-refractivity contribution in [1.29, 1.82) is 0 Å². The van der Waals surface area contributed by atoms with Crippen molar-refractivity contribution in [2.45, 2.75) is 39.0 Å². The van der Waals surface area contributed by atoms with Crippen LogP contribution in [0.1, 0.15) is 37.8 Å². The second-order valence-corrected chi connectivity index (χ2v) is 5.80. The van der Waals surface area contributed by atoms with Crippen LogP contribution in [-0.4, -0.2) is 12.6 Å². The minimum Gasteiger partial charge on any atom is -0.465 e. The highest BCUT2D eigenvalue weighted by Crippen LogP contribution is 2.47. The molecule has 2 nitrogen and oxygen atoms in total. The maximum absolute atomic E-state index is 11.0. The number of rotatable bonds is 3. The van der Waals surface area contributed by atoms with Crippen molar-refractivity contribution >= 4 is 5.97 Å². The molecule has 102 valence electrons. The molecule has 0 amide bonds. The van der Waals surface area contributed by atoms with Crippen LogP contribution in [-0.2, 0) is 14.9 Å². The predicted octanol–water partition coefficient (Wildman–Crippen LogP) is 3.78. The van der Waals surface area contributed by atoms with E-state index in [1.165, 1.54) is 23.6 Å². The average Bonchev–Trinajstić information content (AvgIpc) is 2.65. The van der Waals surface area contributed by atoms with E-state index >= 15 is 0 Å². The molecule has 2 atom stereocenters. The van der Waals surface area contributed by atoms with Crippen LogP contribution in [0.15, 0.2) is 36.4 Å². The summed E-state index contributed by atoms with van der Waals surface area (Å²) >= 11 is 0. The van der Waals surface area contributed by atoms with Gasteiger partial charge in [-0.05, 0) is 25.3 Å². The molecular formula is C17H22O2. The zero-order valence-corrected chi connectivity index (χ0v) is 12.0. The second kappa shape index (κ2) is 5.20. The van der Waals surface area contributed by atoms with Crippen molar-refractivity contribution in [3.8, 4) is 0 Å². The lowest BCUT2D eigenvalue weighted by atomic mass is 9.73. The molecule has 0 bridgehead atoms. The van der Waals surface area contributed by atoms with Gasteiger partial charge in [0.1, 0.15) is 0 Å². The molecule has 1 aromatic carbocycles. The molecule has 1 saturated carbocycles. The van der Waals surface area contributed by atoms with Crippen molar-refractivity contribution in [3.05, 3.63) is 47.5 Å². The largest absolute Gasteiger partial charge is 0.465 e. The third kappa shape index (κ3) is 2.73. The van der Waals surface area contributed by atoms with Crippen molar-refractivity contribution in [1.82, 2.24) is 0 Å². The topological polar surface area (TPSA) is 26.3 Å². The summed E-state index contributed by atoms with van der Waals surface area (Å²) in [6.45, 7) is 10.4. The van der Waals surface area contributed by atoms with Crippen LogP contribution in [0.5, 0.6) is 0 Å². The molecule has 0 N–H and O–H groups in total. The first-order valence-electron chi connectivity index (χ1n) is 6.81. The van der Waals surface area contributed by atoms with Gasteiger partial charge in [-0.1, -0.05) is 48.9 Å². The summed E-state index contributed by atoms with van der Waals surface area (Å²) in [6.07, 6.45) is 2.08. The van der Waals surface area contributed by atoms with E-state index in [0.717, 1.165) is 12.8 Å². The molecule has 0 radical (unpaired) electrons. The third-order valence-corrected chi connectivity index (χ3v) is 4.39. The van der Waals surface area contributed by atoms with E-state index in [0.29, 0.717) is 6.61 Å². The van der Waals surface area contributed by atoms with Crippen LogP contribution in [0.4, 0.5) is 0 Å². The lowest BCUT2D eigenvalue weighted by Gasteiger charge is -2.32. The van der Waals surface area contributed by atoms with Gasteiger partial charge in [-0.2, -0.15) is 0 Å². The summed E-state index contributed by atoms with van der Waals surface area (Å²) in [5.41, 5.74) is 3.80. The molecule has 0 aliphatic heterocycles. The zero-order chi connectivity index (χ0) is 14.0. The number of carbonyl (C=O) groups is 1. The third-order valence-electron chi connectivity index (χ3n) is 4.39. The number of hydrogen-bond donors (Lipinski definition) is 0. The molecule has 1 fully saturated rings. The summed E-state index contributed by atoms with van der Waals surface area (Å²) in [5, 5.41) is 0. The lowest BCUT2D eigenvalue weighted by molar-refractivity contribution is -0.142. The van der Waals surface area contributed by atoms with Gasteiger partial charge in [0, 0.05) is 18.3 Å². The number of hydrogen-bond acceptors (Lipinski definition) is 2. The summed E-state index contributed by atoms with van der Waals surface area (Å²) < 4.78 is 5.24. The van der Waals surface area contributed by atoms with E-state index < -0.39 is 0 Å².